The lowest BCUT2D eigenvalue weighted by Crippen LogP contribution is -2.08. The summed E-state index contributed by atoms with van der Waals surface area (Å²) in [7, 11) is 1.49. The average molecular weight is 576 g/mol. The molecule has 0 amide bonds. The molecule has 0 spiro atoms. The van der Waals surface area contributed by atoms with Gasteiger partial charge in [0.05, 0.1) is 24.3 Å². The third-order valence-corrected chi connectivity index (χ3v) is 6.59. The first-order chi connectivity index (χ1) is 20.9. The number of ether oxygens (including phenoxy) is 2. The van der Waals surface area contributed by atoms with Gasteiger partial charge in [-0.3, -0.25) is 9.78 Å². The number of aromatic nitrogens is 5. The summed E-state index contributed by atoms with van der Waals surface area (Å²) < 4.78 is 11.8. The van der Waals surface area contributed by atoms with Crippen molar-refractivity contribution in [3.05, 3.63) is 90.9 Å². The van der Waals surface area contributed by atoms with Crippen molar-refractivity contribution in [3.63, 3.8) is 0 Å². The molecule has 6 rings (SSSR count). The summed E-state index contributed by atoms with van der Waals surface area (Å²) in [6, 6.07) is 20.1. The van der Waals surface area contributed by atoms with Crippen LogP contribution in [-0.4, -0.2) is 49.0 Å². The zero-order valence-corrected chi connectivity index (χ0v) is 23.1. The van der Waals surface area contributed by atoms with Crippen LogP contribution in [0.15, 0.2) is 85.3 Å². The van der Waals surface area contributed by atoms with Crippen LogP contribution in [0.25, 0.3) is 33.2 Å². The molecular formula is C31H25N7O5. The largest absolute Gasteiger partial charge is 0.493 e. The van der Waals surface area contributed by atoms with Gasteiger partial charge < -0.3 is 25.2 Å². The van der Waals surface area contributed by atoms with Gasteiger partial charge in [-0.05, 0) is 48.0 Å². The average Bonchev–Trinajstić information content (AvgIpc) is 3.44. The number of nitrogens with zero attached hydrogens (tertiary/aromatic N) is 5. The number of nitrogens with one attached hydrogen (secondary N) is 2. The Labute approximate surface area is 245 Å². The smallest absolute Gasteiger partial charge is 0.432 e. The van der Waals surface area contributed by atoms with E-state index in [9.17, 15) is 14.7 Å². The molecule has 12 nitrogen and oxygen atoms in total. The Hall–Kier alpha value is -6.04. The molecule has 3 aromatic heterocycles. The topological polar surface area (TPSA) is 153 Å². The summed E-state index contributed by atoms with van der Waals surface area (Å²) in [4.78, 5) is 37.1. The van der Waals surface area contributed by atoms with Crippen LogP contribution >= 0.6 is 0 Å². The van der Waals surface area contributed by atoms with Crippen LogP contribution in [0.2, 0.25) is 0 Å². The van der Waals surface area contributed by atoms with Crippen LogP contribution in [0, 0.1) is 0 Å². The van der Waals surface area contributed by atoms with Crippen LogP contribution in [0.3, 0.4) is 0 Å². The first kappa shape index (κ1) is 27.1. The van der Waals surface area contributed by atoms with Gasteiger partial charge in [-0.15, -0.1) is 0 Å². The Balaban J connectivity index is 1.43. The molecule has 0 saturated carbocycles. The van der Waals surface area contributed by atoms with Gasteiger partial charge in [0.15, 0.2) is 17.3 Å². The predicted octanol–water partition coefficient (Wildman–Crippen LogP) is 5.86. The minimum absolute atomic E-state index is 0.224. The second-order valence-corrected chi connectivity index (χ2v) is 9.54. The normalized spacial score (nSPS) is 10.9. The first-order valence-electron chi connectivity index (χ1n) is 13.2. The van der Waals surface area contributed by atoms with Crippen LogP contribution in [0.1, 0.15) is 12.5 Å². The van der Waals surface area contributed by atoms with Gasteiger partial charge in [-0.25, -0.2) is 14.8 Å². The van der Waals surface area contributed by atoms with Crippen molar-refractivity contribution < 1.29 is 24.2 Å². The minimum Gasteiger partial charge on any atom is -0.493 e. The molecule has 0 atom stereocenters. The second kappa shape index (κ2) is 11.4. The van der Waals surface area contributed by atoms with E-state index in [0.717, 1.165) is 21.5 Å². The summed E-state index contributed by atoms with van der Waals surface area (Å²) in [6.45, 7) is 1.91. The zero-order valence-electron chi connectivity index (χ0n) is 23.1. The lowest BCUT2D eigenvalue weighted by molar-refractivity contribution is -0.132. The molecule has 43 heavy (non-hydrogen) atoms. The number of carbonyl (C=O) groups is 2. The Bertz CT molecular complexity index is 1990. The Kier molecular flexibility index (Phi) is 7.23. The first-order valence-corrected chi connectivity index (χ1v) is 13.2. The number of pyridine rings is 1. The van der Waals surface area contributed by atoms with Gasteiger partial charge in [0.1, 0.15) is 5.82 Å². The molecule has 0 saturated heterocycles. The summed E-state index contributed by atoms with van der Waals surface area (Å²) in [5, 5.41) is 21.3. The maximum absolute atomic E-state index is 11.8. The summed E-state index contributed by atoms with van der Waals surface area (Å²) in [5.74, 6) is 0.951. The lowest BCUT2D eigenvalue weighted by Gasteiger charge is -2.15. The van der Waals surface area contributed by atoms with Crippen molar-refractivity contribution in [1.29, 1.82) is 0 Å². The number of esters is 1. The number of rotatable bonds is 8. The van der Waals surface area contributed by atoms with Crippen molar-refractivity contribution in [1.82, 2.24) is 24.7 Å². The molecule has 0 bridgehead atoms. The molecule has 0 aliphatic rings. The van der Waals surface area contributed by atoms with Crippen molar-refractivity contribution in [2.75, 3.05) is 17.7 Å². The van der Waals surface area contributed by atoms with Crippen LogP contribution < -0.4 is 20.1 Å². The Morgan fingerprint density at radius 3 is 2.60 bits per heavy atom. The molecule has 3 N–H and O–H groups in total. The molecule has 214 valence electrons. The van der Waals surface area contributed by atoms with Gasteiger partial charge in [0.25, 0.3) is 0 Å². The third-order valence-electron chi connectivity index (χ3n) is 6.59. The number of fused-ring (bicyclic) bond motifs is 2. The van der Waals surface area contributed by atoms with Gasteiger partial charge in [0.2, 0.25) is 0 Å². The molecule has 3 heterocycles. The maximum atomic E-state index is 11.8. The number of carbonyl (C=O) groups excluding carboxylic acids is 1. The maximum Gasteiger partial charge on any atom is 0.432 e. The van der Waals surface area contributed by atoms with E-state index in [4.69, 9.17) is 19.4 Å². The molecular weight excluding hydrogens is 550 g/mol. The monoisotopic (exact) mass is 575 g/mol. The molecule has 0 aliphatic carbocycles. The van der Waals surface area contributed by atoms with Gasteiger partial charge in [-0.2, -0.15) is 9.78 Å². The highest BCUT2D eigenvalue weighted by molar-refractivity contribution is 5.96. The van der Waals surface area contributed by atoms with Crippen LogP contribution in [0.4, 0.5) is 22.0 Å². The molecule has 6 aromatic rings. The van der Waals surface area contributed by atoms with Crippen molar-refractivity contribution >= 4 is 51.1 Å². The van der Waals surface area contributed by atoms with Crippen molar-refractivity contribution in [3.8, 4) is 22.9 Å². The van der Waals surface area contributed by atoms with Gasteiger partial charge in [0, 0.05) is 59.6 Å². The highest BCUT2D eigenvalue weighted by atomic mass is 16.6. The molecule has 0 radical (unpaired) electrons. The van der Waals surface area contributed by atoms with E-state index in [0.29, 0.717) is 51.4 Å². The minimum atomic E-state index is -1.17. The molecule has 3 aromatic carbocycles. The second-order valence-electron chi connectivity index (χ2n) is 9.54. The van der Waals surface area contributed by atoms with E-state index in [1.807, 2.05) is 42.6 Å². The van der Waals surface area contributed by atoms with E-state index in [1.165, 1.54) is 20.2 Å². The highest BCUT2D eigenvalue weighted by Gasteiger charge is 2.17. The number of carboxylic acid groups (broad SMARTS) is 1. The fourth-order valence-electron chi connectivity index (χ4n) is 4.63. The van der Waals surface area contributed by atoms with Gasteiger partial charge in [-0.1, -0.05) is 18.2 Å². The van der Waals surface area contributed by atoms with E-state index >= 15 is 0 Å². The molecule has 0 unspecified atom stereocenters. The SMILES string of the molecule is COc1cc2nc(-c3cccc(NCc4cccnc4)c3)nc(Nc3ccc4c(cnn4C(=O)O)c3)c2cc1OC(C)=O. The van der Waals surface area contributed by atoms with Crippen molar-refractivity contribution in [2.45, 2.75) is 13.5 Å². The Morgan fingerprint density at radius 2 is 1.84 bits per heavy atom. The molecule has 0 fully saturated rings. The van der Waals surface area contributed by atoms with Gasteiger partial charge >= 0.3 is 12.1 Å². The van der Waals surface area contributed by atoms with Crippen LogP contribution in [0.5, 0.6) is 11.5 Å². The quantitative estimate of drug-likeness (QED) is 0.148. The summed E-state index contributed by atoms with van der Waals surface area (Å²) in [5.41, 5.74) is 4.33. The summed E-state index contributed by atoms with van der Waals surface area (Å²) >= 11 is 0. The third kappa shape index (κ3) is 5.75. The Morgan fingerprint density at radius 1 is 0.953 bits per heavy atom. The number of benzene rings is 3. The summed E-state index contributed by atoms with van der Waals surface area (Å²) in [6.07, 6.45) is 3.85. The number of hydrogen-bond donors (Lipinski definition) is 3. The lowest BCUT2D eigenvalue weighted by atomic mass is 10.1. The zero-order chi connectivity index (χ0) is 29.9. The van der Waals surface area contributed by atoms with E-state index in [1.54, 1.807) is 36.5 Å². The fourth-order valence-corrected chi connectivity index (χ4v) is 4.63. The fraction of sp³-hybridized carbons (Fsp3) is 0.0968. The number of methoxy groups -OCH3 is 1. The standard InChI is InChI=1S/C31H25N7O5/c1-18(39)43-28-13-24-25(14-27(28)42-2)36-29(20-6-3-7-22(11-20)33-16-19-5-4-10-32-15-19)37-30(24)35-23-8-9-26-21(12-23)17-34-38(26)31(40)41/h3-15,17,33H,16H2,1-2H3,(H,40,41)(H,35,36,37). The molecule has 0 aliphatic heterocycles. The van der Waals surface area contributed by atoms with E-state index in [-0.39, 0.29) is 5.75 Å². The van der Waals surface area contributed by atoms with Crippen LogP contribution in [-0.2, 0) is 11.3 Å². The number of anilines is 3. The van der Waals surface area contributed by atoms with E-state index < -0.39 is 12.1 Å². The van der Waals surface area contributed by atoms with E-state index in [2.05, 4.69) is 20.7 Å². The van der Waals surface area contributed by atoms with Crippen molar-refractivity contribution in [2.24, 2.45) is 0 Å². The highest BCUT2D eigenvalue weighted by Crippen LogP contribution is 2.37. The predicted molar refractivity (Wildman–Crippen MR) is 161 cm³/mol. The number of hydrogen-bond acceptors (Lipinski definition) is 10. The molecule has 12 heteroatoms.